The lowest BCUT2D eigenvalue weighted by atomic mass is 9.93. The zero-order chi connectivity index (χ0) is 19.3. The molecule has 1 aliphatic heterocycles. The van der Waals surface area contributed by atoms with Crippen LogP contribution in [0.4, 0.5) is 0 Å². The molecule has 7 heteroatoms. The van der Waals surface area contributed by atoms with Gasteiger partial charge in [0.15, 0.2) is 5.96 Å². The van der Waals surface area contributed by atoms with Crippen molar-refractivity contribution in [3.63, 3.8) is 0 Å². The van der Waals surface area contributed by atoms with Crippen LogP contribution in [0.15, 0.2) is 48.0 Å². The van der Waals surface area contributed by atoms with Gasteiger partial charge in [-0.05, 0) is 37.7 Å². The summed E-state index contributed by atoms with van der Waals surface area (Å²) >= 11 is 0. The van der Waals surface area contributed by atoms with Crippen molar-refractivity contribution in [1.82, 2.24) is 19.8 Å². The highest BCUT2D eigenvalue weighted by atomic mass is 127. The number of imidazole rings is 1. The molecule has 2 fully saturated rings. The highest BCUT2D eigenvalue weighted by Crippen LogP contribution is 2.29. The number of ether oxygens (including phenoxy) is 1. The summed E-state index contributed by atoms with van der Waals surface area (Å²) in [6.07, 6.45) is 11.0. The topological polar surface area (TPSA) is 54.7 Å². The summed E-state index contributed by atoms with van der Waals surface area (Å²) in [4.78, 5) is 11.1. The number of nitrogens with zero attached hydrogens (tertiary/aromatic N) is 4. The molecule has 0 spiro atoms. The summed E-state index contributed by atoms with van der Waals surface area (Å²) in [6.45, 7) is 5.01. The molecule has 2 heterocycles. The van der Waals surface area contributed by atoms with Crippen molar-refractivity contribution in [1.29, 1.82) is 0 Å². The molecule has 2 aliphatic rings. The van der Waals surface area contributed by atoms with Crippen LogP contribution in [0.3, 0.4) is 0 Å². The Morgan fingerprint density at radius 1 is 1.28 bits per heavy atom. The molecule has 158 valence electrons. The summed E-state index contributed by atoms with van der Waals surface area (Å²) in [5.41, 5.74) is 1.19. The van der Waals surface area contributed by atoms with E-state index in [0.29, 0.717) is 18.1 Å². The maximum absolute atomic E-state index is 6.17. The van der Waals surface area contributed by atoms with Crippen molar-refractivity contribution in [2.45, 2.75) is 51.3 Å². The summed E-state index contributed by atoms with van der Waals surface area (Å²) in [5.74, 6) is 2.58. The van der Waals surface area contributed by atoms with Gasteiger partial charge in [-0.15, -0.1) is 24.0 Å². The van der Waals surface area contributed by atoms with Crippen molar-refractivity contribution in [3.05, 3.63) is 48.5 Å². The highest BCUT2D eigenvalue weighted by Gasteiger charge is 2.29. The molecule has 0 radical (unpaired) electrons. The fourth-order valence-corrected chi connectivity index (χ4v) is 4.03. The first-order chi connectivity index (χ1) is 13.7. The molecule has 1 aromatic carbocycles. The number of guanidine groups is 1. The first-order valence-electron chi connectivity index (χ1n) is 10.4. The van der Waals surface area contributed by atoms with Crippen molar-refractivity contribution in [2.75, 3.05) is 20.1 Å². The van der Waals surface area contributed by atoms with E-state index in [1.807, 2.05) is 25.6 Å². The molecule has 0 amide bonds. The Hall–Kier alpha value is -1.77. The average molecular weight is 509 g/mol. The Kier molecular flexibility index (Phi) is 7.80. The van der Waals surface area contributed by atoms with E-state index in [1.54, 1.807) is 0 Å². The summed E-state index contributed by atoms with van der Waals surface area (Å²) in [6, 6.07) is 8.76. The van der Waals surface area contributed by atoms with Crippen LogP contribution in [0, 0.1) is 5.92 Å². The van der Waals surface area contributed by atoms with Gasteiger partial charge in [-0.25, -0.2) is 4.98 Å². The first-order valence-corrected chi connectivity index (χ1v) is 10.4. The molecule has 4 rings (SSSR count). The second-order valence-corrected chi connectivity index (χ2v) is 7.97. The van der Waals surface area contributed by atoms with Gasteiger partial charge >= 0.3 is 0 Å². The Morgan fingerprint density at radius 2 is 2.10 bits per heavy atom. The normalized spacial score (nSPS) is 22.6. The Balaban J connectivity index is 0.00000240. The number of benzene rings is 1. The molecule has 1 N–H and O–H groups in total. The van der Waals surface area contributed by atoms with Crippen molar-refractivity contribution in [2.24, 2.45) is 10.9 Å². The minimum Gasteiger partial charge on any atom is -0.490 e. The zero-order valence-corrected chi connectivity index (χ0v) is 19.7. The van der Waals surface area contributed by atoms with E-state index in [-0.39, 0.29) is 24.0 Å². The van der Waals surface area contributed by atoms with Gasteiger partial charge in [-0.2, -0.15) is 0 Å². The van der Waals surface area contributed by atoms with E-state index >= 15 is 0 Å². The number of aliphatic imine (C=N–C) groups is 1. The number of para-hydroxylation sites is 1. The minimum absolute atomic E-state index is 0. The third kappa shape index (κ3) is 5.24. The predicted octanol–water partition coefficient (Wildman–Crippen LogP) is 4.09. The van der Waals surface area contributed by atoms with E-state index < -0.39 is 0 Å². The molecular weight excluding hydrogens is 477 g/mol. The van der Waals surface area contributed by atoms with Crippen LogP contribution in [0.1, 0.15) is 44.2 Å². The summed E-state index contributed by atoms with van der Waals surface area (Å²) in [5, 5.41) is 3.56. The third-order valence-corrected chi connectivity index (χ3v) is 6.09. The molecule has 1 saturated carbocycles. The third-order valence-electron chi connectivity index (χ3n) is 6.09. The van der Waals surface area contributed by atoms with Crippen LogP contribution in [-0.4, -0.2) is 46.7 Å². The Labute approximate surface area is 190 Å². The second-order valence-electron chi connectivity index (χ2n) is 7.97. The molecule has 1 aliphatic carbocycles. The Bertz CT molecular complexity index is 790. The van der Waals surface area contributed by atoms with Crippen LogP contribution in [-0.2, 0) is 6.54 Å². The molecule has 1 saturated heterocycles. The largest absolute Gasteiger partial charge is 0.490 e. The molecule has 2 atom stereocenters. The predicted molar refractivity (Wildman–Crippen MR) is 127 cm³/mol. The van der Waals surface area contributed by atoms with E-state index in [0.717, 1.165) is 37.8 Å². The van der Waals surface area contributed by atoms with Crippen molar-refractivity contribution < 1.29 is 4.74 Å². The number of hydrogen-bond donors (Lipinski definition) is 1. The number of hydrogen-bond acceptors (Lipinski definition) is 3. The van der Waals surface area contributed by atoms with Crippen LogP contribution in [0.2, 0.25) is 0 Å². The highest BCUT2D eigenvalue weighted by molar-refractivity contribution is 14.0. The number of aromatic nitrogens is 2. The fraction of sp³-hybridized carbons (Fsp3) is 0.545. The van der Waals surface area contributed by atoms with E-state index in [9.17, 15) is 0 Å². The quantitative estimate of drug-likeness (QED) is 0.375. The minimum atomic E-state index is 0. The van der Waals surface area contributed by atoms with Gasteiger partial charge in [0.2, 0.25) is 0 Å². The molecule has 2 aromatic rings. The fourth-order valence-electron chi connectivity index (χ4n) is 4.03. The van der Waals surface area contributed by atoms with Gasteiger partial charge in [-0.1, -0.05) is 25.1 Å². The molecule has 29 heavy (non-hydrogen) atoms. The van der Waals surface area contributed by atoms with E-state index in [2.05, 4.69) is 56.1 Å². The van der Waals surface area contributed by atoms with Gasteiger partial charge in [0.1, 0.15) is 5.75 Å². The van der Waals surface area contributed by atoms with Gasteiger partial charge in [0.05, 0.1) is 18.5 Å². The summed E-state index contributed by atoms with van der Waals surface area (Å²) < 4.78 is 8.40. The maximum atomic E-state index is 6.17. The molecule has 0 bridgehead atoms. The first kappa shape index (κ1) is 21.9. The lowest BCUT2D eigenvalue weighted by Crippen LogP contribution is -2.48. The SMILES string of the molecule is CN=C(NCc1ccccc1OC1CCC1)N1CCC(C)C(n2ccnc2)C1.I. The van der Waals surface area contributed by atoms with E-state index in [1.165, 1.54) is 24.8 Å². The number of piperidine rings is 1. The standard InChI is InChI=1S/C22H31N5O.HI/c1-17-10-12-26(15-20(17)27-13-11-24-16-27)22(23-2)25-14-18-6-3-4-9-21(18)28-19-7-5-8-19;/h3-4,6,9,11,13,16-17,19-20H,5,7-8,10,12,14-15H2,1-2H3,(H,23,25);1H. The van der Waals surface area contributed by atoms with Crippen LogP contribution in [0.5, 0.6) is 5.75 Å². The monoisotopic (exact) mass is 509 g/mol. The number of halogens is 1. The van der Waals surface area contributed by atoms with Gasteiger partial charge in [-0.3, -0.25) is 4.99 Å². The van der Waals surface area contributed by atoms with Crippen LogP contribution >= 0.6 is 24.0 Å². The van der Waals surface area contributed by atoms with Crippen molar-refractivity contribution in [3.8, 4) is 5.75 Å². The lowest BCUT2D eigenvalue weighted by molar-refractivity contribution is 0.119. The van der Waals surface area contributed by atoms with Crippen molar-refractivity contribution >= 4 is 29.9 Å². The second kappa shape index (κ2) is 10.3. The number of likely N-dealkylation sites (tertiary alicyclic amines) is 1. The van der Waals surface area contributed by atoms with Crippen LogP contribution < -0.4 is 10.1 Å². The lowest BCUT2D eigenvalue weighted by Gasteiger charge is -2.39. The smallest absolute Gasteiger partial charge is 0.193 e. The molecule has 6 nitrogen and oxygen atoms in total. The van der Waals surface area contributed by atoms with Gasteiger partial charge < -0.3 is 19.5 Å². The maximum Gasteiger partial charge on any atom is 0.193 e. The average Bonchev–Trinajstić information content (AvgIpc) is 3.21. The van der Waals surface area contributed by atoms with E-state index in [4.69, 9.17) is 4.74 Å². The zero-order valence-electron chi connectivity index (χ0n) is 17.3. The van der Waals surface area contributed by atoms with Crippen LogP contribution in [0.25, 0.3) is 0 Å². The summed E-state index contributed by atoms with van der Waals surface area (Å²) in [7, 11) is 1.86. The number of rotatable bonds is 5. The Morgan fingerprint density at radius 3 is 2.79 bits per heavy atom. The number of nitrogens with one attached hydrogen (secondary N) is 1. The van der Waals surface area contributed by atoms with Gasteiger partial charge in [0.25, 0.3) is 0 Å². The molecular formula is C22H32IN5O. The molecule has 1 aromatic heterocycles. The molecule has 2 unspecified atom stereocenters. The van der Waals surface area contributed by atoms with Gasteiger partial charge in [0, 0.05) is 44.6 Å².